The van der Waals surface area contributed by atoms with Crippen LogP contribution in [-0.2, 0) is 27.2 Å². The SMILES string of the molecule is CCCOC(=O)c1c(NC(=O)CCC(=O)O)sc2c1CC[C@@H](CC)C2. The van der Waals surface area contributed by atoms with Gasteiger partial charge in [-0.05, 0) is 37.2 Å². The van der Waals surface area contributed by atoms with Gasteiger partial charge in [-0.1, -0.05) is 20.3 Å². The normalized spacial score (nSPS) is 16.2. The smallest absolute Gasteiger partial charge is 0.341 e. The minimum absolute atomic E-state index is 0.112. The van der Waals surface area contributed by atoms with E-state index in [1.165, 1.54) is 11.3 Å². The molecule has 1 aromatic rings. The van der Waals surface area contributed by atoms with Gasteiger partial charge in [-0.2, -0.15) is 0 Å². The molecule has 0 aliphatic heterocycles. The van der Waals surface area contributed by atoms with E-state index < -0.39 is 17.8 Å². The number of hydrogen-bond donors (Lipinski definition) is 2. The Kier molecular flexibility index (Phi) is 6.99. The molecule has 1 atom stereocenters. The van der Waals surface area contributed by atoms with E-state index in [4.69, 9.17) is 9.84 Å². The summed E-state index contributed by atoms with van der Waals surface area (Å²) in [6.45, 7) is 4.43. The molecule has 1 aliphatic carbocycles. The van der Waals surface area contributed by atoms with Gasteiger partial charge >= 0.3 is 11.9 Å². The molecular weight excluding hydrogens is 342 g/mol. The number of thiophene rings is 1. The van der Waals surface area contributed by atoms with Crippen LogP contribution in [0.5, 0.6) is 0 Å². The molecule has 1 heterocycles. The van der Waals surface area contributed by atoms with Crippen LogP contribution in [0.2, 0.25) is 0 Å². The van der Waals surface area contributed by atoms with Crippen molar-refractivity contribution in [2.75, 3.05) is 11.9 Å². The highest BCUT2D eigenvalue weighted by Crippen LogP contribution is 2.40. The van der Waals surface area contributed by atoms with Gasteiger partial charge in [0.1, 0.15) is 5.00 Å². The first kappa shape index (κ1) is 19.4. The molecule has 0 unspecified atom stereocenters. The number of carboxylic acids is 1. The summed E-state index contributed by atoms with van der Waals surface area (Å²) < 4.78 is 5.30. The largest absolute Gasteiger partial charge is 0.481 e. The standard InChI is InChI=1S/C18H25NO5S/c1-3-9-24-18(23)16-12-6-5-11(4-2)10-13(12)25-17(16)19-14(20)7-8-15(21)22/h11H,3-10H2,1-2H3,(H,19,20)(H,21,22)/t11-/m1/s1. The average molecular weight is 367 g/mol. The van der Waals surface area contributed by atoms with Gasteiger partial charge < -0.3 is 15.2 Å². The number of rotatable bonds is 8. The predicted molar refractivity (Wildman–Crippen MR) is 96.2 cm³/mol. The molecule has 2 rings (SSSR count). The lowest BCUT2D eigenvalue weighted by atomic mass is 9.85. The predicted octanol–water partition coefficient (Wildman–Crippen LogP) is 3.63. The molecule has 1 aliphatic rings. The molecule has 6 nitrogen and oxygen atoms in total. The molecule has 0 radical (unpaired) electrons. The Labute approximate surface area is 151 Å². The van der Waals surface area contributed by atoms with Crippen molar-refractivity contribution >= 4 is 34.2 Å². The van der Waals surface area contributed by atoms with Crippen LogP contribution >= 0.6 is 11.3 Å². The topological polar surface area (TPSA) is 92.7 Å². The van der Waals surface area contributed by atoms with Gasteiger partial charge in [0.05, 0.1) is 18.6 Å². The van der Waals surface area contributed by atoms with Crippen molar-refractivity contribution in [3.63, 3.8) is 0 Å². The minimum atomic E-state index is -1.02. The molecule has 25 heavy (non-hydrogen) atoms. The number of carboxylic acid groups (broad SMARTS) is 1. The molecule has 2 N–H and O–H groups in total. The summed E-state index contributed by atoms with van der Waals surface area (Å²) in [5, 5.41) is 11.9. The monoisotopic (exact) mass is 367 g/mol. The lowest BCUT2D eigenvalue weighted by molar-refractivity contribution is -0.138. The highest BCUT2D eigenvalue weighted by Gasteiger charge is 2.29. The summed E-state index contributed by atoms with van der Waals surface area (Å²) in [5.41, 5.74) is 1.45. The van der Waals surface area contributed by atoms with Crippen molar-refractivity contribution in [1.82, 2.24) is 0 Å². The van der Waals surface area contributed by atoms with Crippen LogP contribution in [0.3, 0.4) is 0 Å². The number of nitrogens with one attached hydrogen (secondary N) is 1. The first-order chi connectivity index (χ1) is 12.0. The van der Waals surface area contributed by atoms with Gasteiger partial charge in [0.25, 0.3) is 0 Å². The van der Waals surface area contributed by atoms with Gasteiger partial charge in [0, 0.05) is 11.3 Å². The third kappa shape index (κ3) is 5.04. The second-order valence-electron chi connectivity index (χ2n) is 6.30. The third-order valence-corrected chi connectivity index (χ3v) is 5.57. The van der Waals surface area contributed by atoms with E-state index in [2.05, 4.69) is 12.2 Å². The summed E-state index contributed by atoms with van der Waals surface area (Å²) in [6.07, 6.45) is 4.23. The summed E-state index contributed by atoms with van der Waals surface area (Å²) in [5.74, 6) is -1.21. The number of aliphatic carboxylic acids is 1. The van der Waals surface area contributed by atoms with E-state index in [9.17, 15) is 14.4 Å². The molecule has 1 amide bonds. The molecule has 0 bridgehead atoms. The Hall–Kier alpha value is -1.89. The molecule has 0 fully saturated rings. The summed E-state index contributed by atoms with van der Waals surface area (Å²) in [6, 6.07) is 0. The van der Waals surface area contributed by atoms with E-state index >= 15 is 0 Å². The summed E-state index contributed by atoms with van der Waals surface area (Å²) >= 11 is 1.43. The Balaban J connectivity index is 2.24. The number of amides is 1. The lowest BCUT2D eigenvalue weighted by Gasteiger charge is -2.21. The zero-order valence-electron chi connectivity index (χ0n) is 14.7. The van der Waals surface area contributed by atoms with Gasteiger partial charge in [0.15, 0.2) is 0 Å². The van der Waals surface area contributed by atoms with Crippen LogP contribution in [0.15, 0.2) is 0 Å². The Morgan fingerprint density at radius 2 is 2.04 bits per heavy atom. The molecular formula is C18H25NO5S. The number of carbonyl (C=O) groups is 3. The Morgan fingerprint density at radius 3 is 2.68 bits per heavy atom. The van der Waals surface area contributed by atoms with Crippen LogP contribution < -0.4 is 5.32 Å². The lowest BCUT2D eigenvalue weighted by Crippen LogP contribution is -2.17. The van der Waals surface area contributed by atoms with E-state index in [0.29, 0.717) is 23.1 Å². The van der Waals surface area contributed by atoms with E-state index in [1.54, 1.807) is 0 Å². The maximum Gasteiger partial charge on any atom is 0.341 e. The zero-order chi connectivity index (χ0) is 18.4. The minimum Gasteiger partial charge on any atom is -0.481 e. The van der Waals surface area contributed by atoms with Crippen molar-refractivity contribution in [2.24, 2.45) is 5.92 Å². The van der Waals surface area contributed by atoms with E-state index in [-0.39, 0.29) is 12.8 Å². The molecule has 7 heteroatoms. The van der Waals surface area contributed by atoms with Gasteiger partial charge in [0.2, 0.25) is 5.91 Å². The second-order valence-corrected chi connectivity index (χ2v) is 7.41. The van der Waals surface area contributed by atoms with Crippen LogP contribution in [0.25, 0.3) is 0 Å². The maximum absolute atomic E-state index is 12.5. The van der Waals surface area contributed by atoms with Crippen LogP contribution in [0, 0.1) is 5.92 Å². The fourth-order valence-corrected chi connectivity index (χ4v) is 4.35. The summed E-state index contributed by atoms with van der Waals surface area (Å²) in [7, 11) is 0. The Morgan fingerprint density at radius 1 is 1.28 bits per heavy atom. The highest BCUT2D eigenvalue weighted by atomic mass is 32.1. The molecule has 0 spiro atoms. The number of anilines is 1. The fourth-order valence-electron chi connectivity index (χ4n) is 2.98. The molecule has 0 saturated heterocycles. The van der Waals surface area contributed by atoms with Crippen molar-refractivity contribution in [2.45, 2.75) is 58.8 Å². The molecule has 138 valence electrons. The zero-order valence-corrected chi connectivity index (χ0v) is 15.5. The number of ether oxygens (including phenoxy) is 1. The van der Waals surface area contributed by atoms with Crippen LogP contribution in [-0.4, -0.2) is 29.6 Å². The first-order valence-corrected chi connectivity index (χ1v) is 9.61. The number of hydrogen-bond acceptors (Lipinski definition) is 5. The first-order valence-electron chi connectivity index (χ1n) is 8.79. The maximum atomic E-state index is 12.5. The Bertz CT molecular complexity index is 652. The molecule has 1 aromatic heterocycles. The molecule has 0 aromatic carbocycles. The quantitative estimate of drug-likeness (QED) is 0.684. The highest BCUT2D eigenvalue weighted by molar-refractivity contribution is 7.17. The summed E-state index contributed by atoms with van der Waals surface area (Å²) in [4.78, 5) is 36.3. The van der Waals surface area contributed by atoms with Crippen molar-refractivity contribution in [1.29, 1.82) is 0 Å². The van der Waals surface area contributed by atoms with Crippen LogP contribution in [0.1, 0.15) is 66.8 Å². The second kappa shape index (κ2) is 8.99. The number of carbonyl (C=O) groups excluding carboxylic acids is 2. The van der Waals surface area contributed by atoms with Gasteiger partial charge in [-0.3, -0.25) is 9.59 Å². The van der Waals surface area contributed by atoms with Gasteiger partial charge in [-0.25, -0.2) is 4.79 Å². The number of esters is 1. The van der Waals surface area contributed by atoms with Crippen molar-refractivity contribution in [3.05, 3.63) is 16.0 Å². The van der Waals surface area contributed by atoms with Crippen LogP contribution in [0.4, 0.5) is 5.00 Å². The van der Waals surface area contributed by atoms with E-state index in [0.717, 1.165) is 42.5 Å². The molecule has 0 saturated carbocycles. The number of fused-ring (bicyclic) bond motifs is 1. The van der Waals surface area contributed by atoms with Crippen molar-refractivity contribution in [3.8, 4) is 0 Å². The third-order valence-electron chi connectivity index (χ3n) is 4.40. The van der Waals surface area contributed by atoms with Gasteiger partial charge in [-0.15, -0.1) is 11.3 Å². The van der Waals surface area contributed by atoms with E-state index in [1.807, 2.05) is 6.92 Å². The van der Waals surface area contributed by atoms with Crippen molar-refractivity contribution < 1.29 is 24.2 Å². The fraction of sp³-hybridized carbons (Fsp3) is 0.611. The average Bonchev–Trinajstić information content (AvgIpc) is 2.94.